The van der Waals surface area contributed by atoms with Crippen LogP contribution in [-0.4, -0.2) is 13.3 Å². The second-order valence-electron chi connectivity index (χ2n) is 4.29. The Morgan fingerprint density at radius 1 is 1.19 bits per heavy atom. The Labute approximate surface area is 120 Å². The van der Waals surface area contributed by atoms with Gasteiger partial charge in [0.05, 0.1) is 10.6 Å². The predicted molar refractivity (Wildman–Crippen MR) is 75.0 cm³/mol. The minimum atomic E-state index is -4.16. The molecule has 0 fully saturated rings. The molecule has 0 atom stereocenters. The quantitative estimate of drug-likeness (QED) is 0.694. The first-order valence-corrected chi connectivity index (χ1v) is 7.32. The summed E-state index contributed by atoms with van der Waals surface area (Å²) in [7, 11) is -4.16. The number of rotatable bonds is 4. The number of nitrogens with one attached hydrogen (secondary N) is 1. The van der Waals surface area contributed by atoms with Gasteiger partial charge < -0.3 is 0 Å². The number of halogens is 1. The van der Waals surface area contributed by atoms with Crippen molar-refractivity contribution in [3.63, 3.8) is 0 Å². The summed E-state index contributed by atoms with van der Waals surface area (Å²) in [5, 5.41) is 10.7. The summed E-state index contributed by atoms with van der Waals surface area (Å²) in [6, 6.07) is 8.66. The van der Waals surface area contributed by atoms with Crippen molar-refractivity contribution in [2.75, 3.05) is 4.72 Å². The van der Waals surface area contributed by atoms with Crippen LogP contribution < -0.4 is 4.72 Å². The average molecular weight is 310 g/mol. The van der Waals surface area contributed by atoms with Crippen LogP contribution in [0.15, 0.2) is 47.4 Å². The van der Waals surface area contributed by atoms with Crippen LogP contribution in [-0.2, 0) is 10.0 Å². The lowest BCUT2D eigenvalue weighted by Crippen LogP contribution is -2.15. The molecular formula is C13H11FN2O4S. The normalized spacial score (nSPS) is 11.1. The number of benzene rings is 2. The van der Waals surface area contributed by atoms with Crippen molar-refractivity contribution in [2.45, 2.75) is 11.8 Å². The van der Waals surface area contributed by atoms with Crippen molar-refractivity contribution in [1.82, 2.24) is 0 Å². The summed E-state index contributed by atoms with van der Waals surface area (Å²) in [4.78, 5) is 9.57. The molecule has 2 aromatic carbocycles. The minimum Gasteiger partial charge on any atom is -0.279 e. The third-order valence-corrected chi connectivity index (χ3v) is 4.20. The molecule has 0 unspecified atom stereocenters. The van der Waals surface area contributed by atoms with Gasteiger partial charge in [0.2, 0.25) is 0 Å². The molecule has 2 rings (SSSR count). The van der Waals surface area contributed by atoms with Gasteiger partial charge in [0.15, 0.2) is 0 Å². The number of anilines is 1. The Morgan fingerprint density at radius 2 is 1.86 bits per heavy atom. The van der Waals surface area contributed by atoms with E-state index >= 15 is 0 Å². The molecule has 0 radical (unpaired) electrons. The Morgan fingerprint density at radius 3 is 2.48 bits per heavy atom. The fourth-order valence-electron chi connectivity index (χ4n) is 1.70. The topological polar surface area (TPSA) is 89.3 Å². The highest BCUT2D eigenvalue weighted by Gasteiger charge is 2.20. The molecule has 0 bridgehead atoms. The van der Waals surface area contributed by atoms with E-state index in [0.717, 1.165) is 18.2 Å². The summed E-state index contributed by atoms with van der Waals surface area (Å²) < 4.78 is 40.0. The molecule has 110 valence electrons. The maximum atomic E-state index is 13.6. The van der Waals surface area contributed by atoms with Crippen LogP contribution in [0.5, 0.6) is 0 Å². The first kappa shape index (κ1) is 14.9. The van der Waals surface area contributed by atoms with Crippen LogP contribution >= 0.6 is 0 Å². The smallest absolute Gasteiger partial charge is 0.271 e. The Hall–Kier alpha value is -2.48. The zero-order valence-electron chi connectivity index (χ0n) is 10.9. The third kappa shape index (κ3) is 3.16. The van der Waals surface area contributed by atoms with Gasteiger partial charge in [0, 0.05) is 12.1 Å². The SMILES string of the molecule is Cc1ccc([N+](=O)[O-])cc1NS(=O)(=O)c1ccccc1F. The van der Waals surface area contributed by atoms with Crippen LogP contribution in [0.4, 0.5) is 15.8 Å². The van der Waals surface area contributed by atoms with Gasteiger partial charge in [-0.2, -0.15) is 0 Å². The number of nitrogens with zero attached hydrogens (tertiary/aromatic N) is 1. The predicted octanol–water partition coefficient (Wildman–Crippen LogP) is 2.84. The van der Waals surface area contributed by atoms with E-state index < -0.39 is 25.7 Å². The Kier molecular flexibility index (Phi) is 3.90. The molecule has 0 heterocycles. The summed E-state index contributed by atoms with van der Waals surface area (Å²) in [6.07, 6.45) is 0. The molecule has 21 heavy (non-hydrogen) atoms. The number of nitro groups is 1. The van der Waals surface area contributed by atoms with Gasteiger partial charge >= 0.3 is 0 Å². The molecule has 0 amide bonds. The second kappa shape index (κ2) is 5.49. The van der Waals surface area contributed by atoms with Gasteiger partial charge in [-0.15, -0.1) is 0 Å². The van der Waals surface area contributed by atoms with Crippen molar-refractivity contribution in [3.05, 3.63) is 64.0 Å². The van der Waals surface area contributed by atoms with E-state index in [9.17, 15) is 22.9 Å². The van der Waals surface area contributed by atoms with E-state index in [1.807, 2.05) is 0 Å². The van der Waals surface area contributed by atoms with E-state index in [2.05, 4.69) is 4.72 Å². The van der Waals surface area contributed by atoms with Crippen molar-refractivity contribution in [2.24, 2.45) is 0 Å². The van der Waals surface area contributed by atoms with Gasteiger partial charge in [-0.1, -0.05) is 18.2 Å². The first-order valence-electron chi connectivity index (χ1n) is 5.83. The molecule has 0 saturated carbocycles. The number of hydrogen-bond acceptors (Lipinski definition) is 4. The number of sulfonamides is 1. The van der Waals surface area contributed by atoms with Crippen LogP contribution in [0.3, 0.4) is 0 Å². The Bertz CT molecular complexity index is 806. The van der Waals surface area contributed by atoms with Crippen molar-refractivity contribution in [3.8, 4) is 0 Å². The molecule has 1 N–H and O–H groups in total. The highest BCUT2D eigenvalue weighted by atomic mass is 32.2. The van der Waals surface area contributed by atoms with Crippen molar-refractivity contribution < 1.29 is 17.7 Å². The molecule has 6 nitrogen and oxygen atoms in total. The summed E-state index contributed by atoms with van der Waals surface area (Å²) in [5.74, 6) is -0.895. The second-order valence-corrected chi connectivity index (χ2v) is 5.94. The van der Waals surface area contributed by atoms with E-state index in [-0.39, 0.29) is 11.4 Å². The Balaban J connectivity index is 2.44. The molecule has 0 aliphatic rings. The summed E-state index contributed by atoms with van der Waals surface area (Å²) in [6.45, 7) is 1.59. The van der Waals surface area contributed by atoms with Gasteiger partial charge in [-0.25, -0.2) is 12.8 Å². The monoisotopic (exact) mass is 310 g/mol. The summed E-state index contributed by atoms with van der Waals surface area (Å²) >= 11 is 0. The van der Waals surface area contributed by atoms with Crippen LogP contribution in [0, 0.1) is 22.9 Å². The standard InChI is InChI=1S/C13H11FN2O4S/c1-9-6-7-10(16(17)18)8-12(9)15-21(19,20)13-5-3-2-4-11(13)14/h2-8,15H,1H3. The van der Waals surface area contributed by atoms with Crippen molar-refractivity contribution >= 4 is 21.4 Å². The zero-order valence-corrected chi connectivity index (χ0v) is 11.7. The van der Waals surface area contributed by atoms with E-state index in [1.54, 1.807) is 6.92 Å². The van der Waals surface area contributed by atoms with Crippen LogP contribution in [0.1, 0.15) is 5.56 Å². The van der Waals surface area contributed by atoms with Gasteiger partial charge in [-0.3, -0.25) is 14.8 Å². The fraction of sp³-hybridized carbons (Fsp3) is 0.0769. The summed E-state index contributed by atoms with van der Waals surface area (Å²) in [5.41, 5.74) is 0.264. The number of aryl methyl sites for hydroxylation is 1. The lowest BCUT2D eigenvalue weighted by molar-refractivity contribution is -0.384. The van der Waals surface area contributed by atoms with Gasteiger partial charge in [0.25, 0.3) is 15.7 Å². The molecule has 0 saturated heterocycles. The largest absolute Gasteiger partial charge is 0.279 e. The van der Waals surface area contributed by atoms with Crippen LogP contribution in [0.25, 0.3) is 0 Å². The number of hydrogen-bond donors (Lipinski definition) is 1. The van der Waals surface area contributed by atoms with E-state index in [4.69, 9.17) is 0 Å². The minimum absolute atomic E-state index is 0.0347. The lowest BCUT2D eigenvalue weighted by atomic mass is 10.2. The van der Waals surface area contributed by atoms with E-state index in [0.29, 0.717) is 5.56 Å². The highest BCUT2D eigenvalue weighted by Crippen LogP contribution is 2.25. The lowest BCUT2D eigenvalue weighted by Gasteiger charge is -2.10. The molecule has 0 aliphatic carbocycles. The maximum absolute atomic E-state index is 13.6. The fourth-order valence-corrected chi connectivity index (χ4v) is 2.90. The number of nitro benzene ring substituents is 1. The average Bonchev–Trinajstić information content (AvgIpc) is 2.41. The third-order valence-electron chi connectivity index (χ3n) is 2.80. The van der Waals surface area contributed by atoms with Gasteiger partial charge in [0.1, 0.15) is 10.7 Å². The maximum Gasteiger partial charge on any atom is 0.271 e. The van der Waals surface area contributed by atoms with Gasteiger partial charge in [-0.05, 0) is 24.6 Å². The first-order chi connectivity index (χ1) is 9.81. The molecule has 0 spiro atoms. The van der Waals surface area contributed by atoms with Crippen molar-refractivity contribution in [1.29, 1.82) is 0 Å². The highest BCUT2D eigenvalue weighted by molar-refractivity contribution is 7.92. The number of non-ortho nitro benzene ring substituents is 1. The van der Waals surface area contributed by atoms with E-state index in [1.165, 1.54) is 24.3 Å². The zero-order chi connectivity index (χ0) is 15.6. The molecule has 2 aromatic rings. The van der Waals surface area contributed by atoms with Crippen LogP contribution in [0.2, 0.25) is 0 Å². The molecule has 8 heteroatoms. The molecule has 0 aliphatic heterocycles. The molecular weight excluding hydrogens is 299 g/mol. The molecule has 0 aromatic heterocycles.